The molecule has 0 N–H and O–H groups in total. The zero-order valence-electron chi connectivity index (χ0n) is 13.5. The minimum absolute atomic E-state index is 0.0944. The van der Waals surface area contributed by atoms with Crippen LogP contribution in [0.3, 0.4) is 0 Å². The van der Waals surface area contributed by atoms with Crippen LogP contribution >= 0.6 is 11.3 Å². The molecule has 1 aromatic heterocycles. The Kier molecular flexibility index (Phi) is 4.72. The molecule has 0 fully saturated rings. The lowest BCUT2D eigenvalue weighted by Gasteiger charge is -2.01. The maximum absolute atomic E-state index is 12.3. The van der Waals surface area contributed by atoms with Crippen molar-refractivity contribution in [3.63, 3.8) is 0 Å². The number of para-hydroxylation sites is 1. The molecule has 1 amide bonds. The SMILES string of the molecule is CCc1ccc(CC(=O)N=c2sc3ccccc3n2CC)cc1. The largest absolute Gasteiger partial charge is 0.317 e. The van der Waals surface area contributed by atoms with E-state index in [2.05, 4.69) is 47.7 Å². The quantitative estimate of drug-likeness (QED) is 0.715. The third-order valence-electron chi connectivity index (χ3n) is 3.91. The van der Waals surface area contributed by atoms with E-state index in [9.17, 15) is 4.79 Å². The molecule has 4 heteroatoms. The van der Waals surface area contributed by atoms with Crippen LogP contribution in [0.15, 0.2) is 53.5 Å². The lowest BCUT2D eigenvalue weighted by Crippen LogP contribution is -2.16. The number of hydrogen-bond acceptors (Lipinski definition) is 2. The maximum Gasteiger partial charge on any atom is 0.252 e. The van der Waals surface area contributed by atoms with Crippen LogP contribution in [0.25, 0.3) is 10.2 Å². The van der Waals surface area contributed by atoms with Gasteiger partial charge in [0.2, 0.25) is 0 Å². The number of thiazole rings is 1. The zero-order valence-corrected chi connectivity index (χ0v) is 14.3. The van der Waals surface area contributed by atoms with Crippen LogP contribution in [0.2, 0.25) is 0 Å². The third kappa shape index (κ3) is 3.42. The second-order valence-electron chi connectivity index (χ2n) is 5.45. The first-order chi connectivity index (χ1) is 11.2. The molecule has 3 aromatic rings. The third-order valence-corrected chi connectivity index (χ3v) is 4.97. The highest BCUT2D eigenvalue weighted by molar-refractivity contribution is 7.16. The molecule has 118 valence electrons. The van der Waals surface area contributed by atoms with Crippen molar-refractivity contribution < 1.29 is 4.79 Å². The average Bonchev–Trinajstić information content (AvgIpc) is 2.92. The Bertz CT molecular complexity index is 888. The number of hydrogen-bond donors (Lipinski definition) is 0. The van der Waals surface area contributed by atoms with Gasteiger partial charge in [-0.25, -0.2) is 0 Å². The number of carbonyl (C=O) groups excluding carboxylic acids is 1. The Balaban J connectivity index is 1.89. The summed E-state index contributed by atoms with van der Waals surface area (Å²) in [6.07, 6.45) is 1.36. The molecule has 1 heterocycles. The molecule has 0 unspecified atom stereocenters. The van der Waals surface area contributed by atoms with Gasteiger partial charge in [-0.3, -0.25) is 4.79 Å². The van der Waals surface area contributed by atoms with E-state index in [4.69, 9.17) is 0 Å². The Labute approximate surface area is 139 Å². The fourth-order valence-corrected chi connectivity index (χ4v) is 3.74. The van der Waals surface area contributed by atoms with Crippen molar-refractivity contribution in [2.24, 2.45) is 4.99 Å². The van der Waals surface area contributed by atoms with Crippen LogP contribution < -0.4 is 4.80 Å². The highest BCUT2D eigenvalue weighted by Gasteiger charge is 2.07. The van der Waals surface area contributed by atoms with Gasteiger partial charge in [-0.1, -0.05) is 54.7 Å². The van der Waals surface area contributed by atoms with E-state index < -0.39 is 0 Å². The lowest BCUT2D eigenvalue weighted by molar-refractivity contribution is -0.117. The highest BCUT2D eigenvalue weighted by Crippen LogP contribution is 2.16. The van der Waals surface area contributed by atoms with E-state index in [-0.39, 0.29) is 5.91 Å². The van der Waals surface area contributed by atoms with Crippen molar-refractivity contribution in [3.8, 4) is 0 Å². The molecule has 0 aliphatic heterocycles. The van der Waals surface area contributed by atoms with Crippen molar-refractivity contribution in [1.82, 2.24) is 4.57 Å². The summed E-state index contributed by atoms with van der Waals surface area (Å²) >= 11 is 1.57. The molecule has 0 aliphatic rings. The lowest BCUT2D eigenvalue weighted by atomic mass is 10.1. The van der Waals surface area contributed by atoms with Crippen molar-refractivity contribution >= 4 is 27.5 Å². The summed E-state index contributed by atoms with van der Waals surface area (Å²) in [5.74, 6) is -0.0944. The molecular weight excluding hydrogens is 304 g/mol. The van der Waals surface area contributed by atoms with Crippen LogP contribution in [0.1, 0.15) is 25.0 Å². The van der Waals surface area contributed by atoms with Crippen LogP contribution in [0.5, 0.6) is 0 Å². The van der Waals surface area contributed by atoms with Crippen LogP contribution in [0, 0.1) is 0 Å². The fourth-order valence-electron chi connectivity index (χ4n) is 2.63. The summed E-state index contributed by atoms with van der Waals surface area (Å²) < 4.78 is 3.26. The summed E-state index contributed by atoms with van der Waals surface area (Å²) in [5, 5.41) is 0. The van der Waals surface area contributed by atoms with Gasteiger partial charge in [-0.05, 0) is 36.6 Å². The number of rotatable bonds is 4. The predicted molar refractivity (Wildman–Crippen MR) is 95.6 cm³/mol. The zero-order chi connectivity index (χ0) is 16.2. The monoisotopic (exact) mass is 324 g/mol. The second kappa shape index (κ2) is 6.92. The van der Waals surface area contributed by atoms with Gasteiger partial charge in [0.15, 0.2) is 4.80 Å². The molecule has 0 atom stereocenters. The molecule has 0 saturated carbocycles. The van der Waals surface area contributed by atoms with E-state index >= 15 is 0 Å². The van der Waals surface area contributed by atoms with Crippen LogP contribution in [-0.4, -0.2) is 10.5 Å². The predicted octanol–water partition coefficient (Wildman–Crippen LogP) is 3.96. The second-order valence-corrected chi connectivity index (χ2v) is 6.46. The van der Waals surface area contributed by atoms with Crippen LogP contribution in [0.4, 0.5) is 0 Å². The number of nitrogens with zero attached hydrogens (tertiary/aromatic N) is 2. The molecular formula is C19H20N2OS. The van der Waals surface area contributed by atoms with Crippen molar-refractivity contribution in [3.05, 3.63) is 64.5 Å². The van der Waals surface area contributed by atoms with E-state index in [1.807, 2.05) is 24.3 Å². The van der Waals surface area contributed by atoms with Crippen molar-refractivity contribution in [2.75, 3.05) is 0 Å². The summed E-state index contributed by atoms with van der Waals surface area (Å²) in [5.41, 5.74) is 3.44. The number of fused-ring (bicyclic) bond motifs is 1. The Hall–Kier alpha value is -2.20. The first kappa shape index (κ1) is 15.7. The highest BCUT2D eigenvalue weighted by atomic mass is 32.1. The summed E-state index contributed by atoms with van der Waals surface area (Å²) in [6.45, 7) is 5.01. The van der Waals surface area contributed by atoms with E-state index in [0.717, 1.165) is 33.5 Å². The van der Waals surface area contributed by atoms with Gasteiger partial charge in [0.1, 0.15) is 0 Å². The fraction of sp³-hybridized carbons (Fsp3) is 0.263. The van der Waals surface area contributed by atoms with Crippen molar-refractivity contribution in [1.29, 1.82) is 0 Å². The average molecular weight is 324 g/mol. The van der Waals surface area contributed by atoms with Gasteiger partial charge in [-0.15, -0.1) is 0 Å². The molecule has 0 bridgehead atoms. The first-order valence-electron chi connectivity index (χ1n) is 7.95. The first-order valence-corrected chi connectivity index (χ1v) is 8.76. The van der Waals surface area contributed by atoms with E-state index in [1.54, 1.807) is 11.3 Å². The molecule has 3 nitrogen and oxygen atoms in total. The molecule has 0 aliphatic carbocycles. The van der Waals surface area contributed by atoms with E-state index in [0.29, 0.717) is 6.42 Å². The minimum atomic E-state index is -0.0944. The normalized spacial score (nSPS) is 12.0. The van der Waals surface area contributed by atoms with Gasteiger partial charge in [-0.2, -0.15) is 4.99 Å². The van der Waals surface area contributed by atoms with Gasteiger partial charge in [0, 0.05) is 6.54 Å². The van der Waals surface area contributed by atoms with E-state index in [1.165, 1.54) is 5.56 Å². The number of amides is 1. The minimum Gasteiger partial charge on any atom is -0.317 e. The van der Waals surface area contributed by atoms with Gasteiger partial charge in [0.05, 0.1) is 16.6 Å². The molecule has 23 heavy (non-hydrogen) atoms. The Morgan fingerprint density at radius 1 is 1.04 bits per heavy atom. The number of carbonyl (C=O) groups is 1. The number of aryl methyl sites for hydroxylation is 2. The Morgan fingerprint density at radius 3 is 2.43 bits per heavy atom. The summed E-state index contributed by atoms with van der Waals surface area (Å²) in [6, 6.07) is 16.4. The maximum atomic E-state index is 12.3. The topological polar surface area (TPSA) is 34.4 Å². The molecule has 0 radical (unpaired) electrons. The smallest absolute Gasteiger partial charge is 0.252 e. The molecule has 0 spiro atoms. The van der Waals surface area contributed by atoms with Gasteiger partial charge >= 0.3 is 0 Å². The summed E-state index contributed by atoms with van der Waals surface area (Å²) in [4.78, 5) is 17.4. The molecule has 0 saturated heterocycles. The van der Waals surface area contributed by atoms with Crippen LogP contribution in [-0.2, 0) is 24.2 Å². The number of aromatic nitrogens is 1. The van der Waals surface area contributed by atoms with Crippen molar-refractivity contribution in [2.45, 2.75) is 33.2 Å². The Morgan fingerprint density at radius 2 is 1.74 bits per heavy atom. The molecule has 3 rings (SSSR count). The standard InChI is InChI=1S/C19H20N2OS/c1-3-14-9-11-15(12-10-14)13-18(22)20-19-21(4-2)16-7-5-6-8-17(16)23-19/h5-12H,3-4,13H2,1-2H3. The number of benzene rings is 2. The van der Waals surface area contributed by atoms with Gasteiger partial charge < -0.3 is 4.57 Å². The molecule has 2 aromatic carbocycles. The van der Waals surface area contributed by atoms with Gasteiger partial charge in [0.25, 0.3) is 5.91 Å². The summed E-state index contributed by atoms with van der Waals surface area (Å²) in [7, 11) is 0.